The number of hydrogen-bond acceptors (Lipinski definition) is 2. The van der Waals surface area contributed by atoms with E-state index in [4.69, 9.17) is 0 Å². The second-order valence-corrected chi connectivity index (χ2v) is 4.32. The van der Waals surface area contributed by atoms with Gasteiger partial charge in [0.05, 0.1) is 0 Å². The quantitative estimate of drug-likeness (QED) is 0.833. The van der Waals surface area contributed by atoms with Crippen molar-refractivity contribution in [3.63, 3.8) is 0 Å². The monoisotopic (exact) mass is 257 g/mol. The van der Waals surface area contributed by atoms with Gasteiger partial charge in [0.1, 0.15) is 6.54 Å². The minimum atomic E-state index is -0.0138. The number of nitrogens with one attached hydrogen (secondary N) is 2. The molecule has 0 aliphatic carbocycles. The second-order valence-electron chi connectivity index (χ2n) is 4.32. The first-order valence-corrected chi connectivity index (χ1v) is 6.49. The smallest absolute Gasteiger partial charge is 0.244 e. The Bertz CT molecular complexity index is 519. The van der Waals surface area contributed by atoms with Crippen LogP contribution in [0, 0.1) is 0 Å². The Kier molecular flexibility index (Phi) is 4.75. The zero-order chi connectivity index (χ0) is 13.5. The maximum absolute atomic E-state index is 12.0. The molecule has 0 unspecified atom stereocenters. The number of anilines is 1. The minimum Gasteiger partial charge on any atom is -0.341 e. The summed E-state index contributed by atoms with van der Waals surface area (Å²) in [6.07, 6.45) is 1.93. The Balaban J connectivity index is 1.93. The van der Waals surface area contributed by atoms with Gasteiger partial charge in [-0.15, -0.1) is 0 Å². The number of benzene rings is 1. The second kappa shape index (κ2) is 6.75. The van der Waals surface area contributed by atoms with Gasteiger partial charge < -0.3 is 15.2 Å². The molecule has 0 saturated heterocycles. The van der Waals surface area contributed by atoms with Crippen molar-refractivity contribution in [1.82, 2.24) is 9.88 Å². The molecule has 1 amide bonds. The van der Waals surface area contributed by atoms with E-state index in [9.17, 15) is 4.79 Å². The van der Waals surface area contributed by atoms with Crippen molar-refractivity contribution in [2.75, 3.05) is 11.9 Å². The molecule has 0 radical (unpaired) electrons. The maximum atomic E-state index is 12.0. The standard InChI is InChI=1S/C15H19N3O/c1-2-16-11-14-9-6-10-18(14)12-15(19)17-13-7-4-3-5-8-13/h3-10,16H,2,11-12H2,1H3,(H,17,19). The summed E-state index contributed by atoms with van der Waals surface area (Å²) < 4.78 is 1.96. The fourth-order valence-electron chi connectivity index (χ4n) is 1.89. The van der Waals surface area contributed by atoms with E-state index in [0.717, 1.165) is 24.5 Å². The molecular formula is C15H19N3O. The van der Waals surface area contributed by atoms with E-state index in [1.165, 1.54) is 0 Å². The number of carbonyl (C=O) groups is 1. The zero-order valence-electron chi connectivity index (χ0n) is 11.1. The van der Waals surface area contributed by atoms with Crippen molar-refractivity contribution in [1.29, 1.82) is 0 Å². The predicted octanol–water partition coefficient (Wildman–Crippen LogP) is 2.24. The van der Waals surface area contributed by atoms with Crippen LogP contribution in [0.3, 0.4) is 0 Å². The lowest BCUT2D eigenvalue weighted by Crippen LogP contribution is -2.21. The van der Waals surface area contributed by atoms with Crippen LogP contribution < -0.4 is 10.6 Å². The van der Waals surface area contributed by atoms with Gasteiger partial charge in [-0.25, -0.2) is 0 Å². The topological polar surface area (TPSA) is 46.1 Å². The Labute approximate surface area is 113 Å². The molecule has 2 N–H and O–H groups in total. The lowest BCUT2D eigenvalue weighted by Gasteiger charge is -2.10. The molecular weight excluding hydrogens is 238 g/mol. The molecule has 0 aliphatic heterocycles. The molecule has 19 heavy (non-hydrogen) atoms. The molecule has 0 spiro atoms. The summed E-state index contributed by atoms with van der Waals surface area (Å²) >= 11 is 0. The normalized spacial score (nSPS) is 10.4. The minimum absolute atomic E-state index is 0.0138. The van der Waals surface area contributed by atoms with Gasteiger partial charge in [0, 0.05) is 24.1 Å². The highest BCUT2D eigenvalue weighted by molar-refractivity contribution is 5.90. The van der Waals surface area contributed by atoms with Crippen LogP contribution in [-0.2, 0) is 17.9 Å². The summed E-state index contributed by atoms with van der Waals surface area (Å²) in [6.45, 7) is 4.10. The Morgan fingerprint density at radius 1 is 1.16 bits per heavy atom. The highest BCUT2D eigenvalue weighted by atomic mass is 16.1. The number of amides is 1. The number of nitrogens with zero attached hydrogens (tertiary/aromatic N) is 1. The van der Waals surface area contributed by atoms with Gasteiger partial charge >= 0.3 is 0 Å². The van der Waals surface area contributed by atoms with Gasteiger partial charge in [0.15, 0.2) is 0 Å². The van der Waals surface area contributed by atoms with Crippen LogP contribution in [0.1, 0.15) is 12.6 Å². The van der Waals surface area contributed by atoms with Crippen molar-refractivity contribution in [2.45, 2.75) is 20.0 Å². The fraction of sp³-hybridized carbons (Fsp3) is 0.267. The van der Waals surface area contributed by atoms with E-state index in [1.807, 2.05) is 53.2 Å². The van der Waals surface area contributed by atoms with Crippen LogP contribution in [0.15, 0.2) is 48.7 Å². The molecule has 0 atom stereocenters. The lowest BCUT2D eigenvalue weighted by molar-refractivity contribution is -0.116. The summed E-state index contributed by atoms with van der Waals surface area (Å²) in [7, 11) is 0. The zero-order valence-corrected chi connectivity index (χ0v) is 11.1. The lowest BCUT2D eigenvalue weighted by atomic mass is 10.3. The van der Waals surface area contributed by atoms with Gasteiger partial charge in [0.2, 0.25) is 5.91 Å². The Hall–Kier alpha value is -2.07. The highest BCUT2D eigenvalue weighted by Crippen LogP contribution is 2.06. The van der Waals surface area contributed by atoms with E-state index in [0.29, 0.717) is 6.54 Å². The van der Waals surface area contributed by atoms with Crippen LogP contribution in [0.5, 0.6) is 0 Å². The molecule has 4 nitrogen and oxygen atoms in total. The molecule has 100 valence electrons. The molecule has 0 bridgehead atoms. The van der Waals surface area contributed by atoms with Crippen LogP contribution >= 0.6 is 0 Å². The number of carbonyl (C=O) groups excluding carboxylic acids is 1. The van der Waals surface area contributed by atoms with E-state index in [1.54, 1.807) is 0 Å². The van der Waals surface area contributed by atoms with Crippen molar-refractivity contribution in [3.8, 4) is 0 Å². The number of para-hydroxylation sites is 1. The average Bonchev–Trinajstić information content (AvgIpc) is 2.84. The van der Waals surface area contributed by atoms with E-state index in [-0.39, 0.29) is 5.91 Å². The van der Waals surface area contributed by atoms with E-state index in [2.05, 4.69) is 17.6 Å². The van der Waals surface area contributed by atoms with Crippen molar-refractivity contribution in [2.24, 2.45) is 0 Å². The Morgan fingerprint density at radius 3 is 2.68 bits per heavy atom. The molecule has 2 rings (SSSR count). The van der Waals surface area contributed by atoms with Crippen LogP contribution in [-0.4, -0.2) is 17.0 Å². The maximum Gasteiger partial charge on any atom is 0.244 e. The van der Waals surface area contributed by atoms with Crippen LogP contribution in [0.2, 0.25) is 0 Å². The average molecular weight is 257 g/mol. The fourth-order valence-corrected chi connectivity index (χ4v) is 1.89. The van der Waals surface area contributed by atoms with Crippen molar-refractivity contribution >= 4 is 11.6 Å². The summed E-state index contributed by atoms with van der Waals surface area (Å²) in [5.74, 6) is -0.0138. The van der Waals surface area contributed by atoms with Crippen LogP contribution in [0.4, 0.5) is 5.69 Å². The molecule has 2 aromatic rings. The summed E-state index contributed by atoms with van der Waals surface area (Å²) in [5, 5.41) is 6.14. The molecule has 0 saturated carbocycles. The third-order valence-electron chi connectivity index (χ3n) is 2.85. The summed E-state index contributed by atoms with van der Waals surface area (Å²) in [4.78, 5) is 12.0. The first-order valence-electron chi connectivity index (χ1n) is 6.49. The third kappa shape index (κ3) is 3.96. The van der Waals surface area contributed by atoms with Crippen LogP contribution in [0.25, 0.3) is 0 Å². The molecule has 0 aliphatic rings. The SMILES string of the molecule is CCNCc1cccn1CC(=O)Nc1ccccc1. The predicted molar refractivity (Wildman–Crippen MR) is 76.9 cm³/mol. The van der Waals surface area contributed by atoms with Crippen molar-refractivity contribution in [3.05, 3.63) is 54.4 Å². The molecule has 4 heteroatoms. The first kappa shape index (κ1) is 13.4. The number of aromatic nitrogens is 1. The summed E-state index contributed by atoms with van der Waals surface area (Å²) in [6, 6.07) is 13.5. The van der Waals surface area contributed by atoms with E-state index >= 15 is 0 Å². The van der Waals surface area contributed by atoms with Crippen molar-refractivity contribution < 1.29 is 4.79 Å². The van der Waals surface area contributed by atoms with Gasteiger partial charge in [0.25, 0.3) is 0 Å². The van der Waals surface area contributed by atoms with Gasteiger partial charge in [-0.1, -0.05) is 25.1 Å². The molecule has 1 aromatic carbocycles. The number of rotatable bonds is 6. The third-order valence-corrected chi connectivity index (χ3v) is 2.85. The largest absolute Gasteiger partial charge is 0.341 e. The highest BCUT2D eigenvalue weighted by Gasteiger charge is 2.06. The van der Waals surface area contributed by atoms with E-state index < -0.39 is 0 Å². The summed E-state index contributed by atoms with van der Waals surface area (Å²) in [5.41, 5.74) is 1.94. The molecule has 1 heterocycles. The molecule has 1 aromatic heterocycles. The van der Waals surface area contributed by atoms with Gasteiger partial charge in [-0.2, -0.15) is 0 Å². The first-order chi connectivity index (χ1) is 9.29. The van der Waals surface area contributed by atoms with Gasteiger partial charge in [-0.05, 0) is 30.8 Å². The Morgan fingerprint density at radius 2 is 1.95 bits per heavy atom. The molecule has 0 fully saturated rings. The number of hydrogen-bond donors (Lipinski definition) is 2. The van der Waals surface area contributed by atoms with Gasteiger partial charge in [-0.3, -0.25) is 4.79 Å².